The summed E-state index contributed by atoms with van der Waals surface area (Å²) in [5.74, 6) is -1.44. The number of nitrogens with one attached hydrogen (secondary N) is 1. The maximum atomic E-state index is 11.8. The van der Waals surface area contributed by atoms with E-state index in [1.807, 2.05) is 0 Å². The molecule has 7 heteroatoms. The molecule has 14 heavy (non-hydrogen) atoms. The van der Waals surface area contributed by atoms with Crippen LogP contribution >= 0.6 is 0 Å². The summed E-state index contributed by atoms with van der Waals surface area (Å²) in [4.78, 5) is 0. The van der Waals surface area contributed by atoms with Crippen LogP contribution in [0.5, 0.6) is 0 Å². The van der Waals surface area contributed by atoms with Crippen LogP contribution in [0.25, 0.3) is 0 Å². The van der Waals surface area contributed by atoms with Crippen molar-refractivity contribution in [2.24, 2.45) is 5.92 Å². The van der Waals surface area contributed by atoms with Crippen molar-refractivity contribution in [2.45, 2.75) is 25.2 Å². The van der Waals surface area contributed by atoms with Crippen molar-refractivity contribution >= 4 is 0 Å². The molecule has 0 aliphatic heterocycles. The van der Waals surface area contributed by atoms with Crippen LogP contribution in [0.2, 0.25) is 0 Å². The van der Waals surface area contributed by atoms with Crippen molar-refractivity contribution in [3.8, 4) is 0 Å². The van der Waals surface area contributed by atoms with Gasteiger partial charge >= 0.3 is 12.4 Å². The molecule has 1 N–H and O–H groups in total. The molecule has 0 aliphatic carbocycles. The molecule has 0 bridgehead atoms. The number of hydrogen-bond acceptors (Lipinski definition) is 1. The van der Waals surface area contributed by atoms with E-state index in [9.17, 15) is 26.3 Å². The first-order valence-corrected chi connectivity index (χ1v) is 3.92. The number of alkyl halides is 6. The van der Waals surface area contributed by atoms with E-state index >= 15 is 0 Å². The zero-order valence-corrected chi connectivity index (χ0v) is 7.47. The molecule has 0 rings (SSSR count). The minimum atomic E-state index is -4.55. The molecular weight excluding hydrogens is 212 g/mol. The Morgan fingerprint density at radius 3 is 1.50 bits per heavy atom. The zero-order chi connectivity index (χ0) is 11.4. The van der Waals surface area contributed by atoms with Crippen LogP contribution in [0, 0.1) is 5.92 Å². The van der Waals surface area contributed by atoms with Crippen LogP contribution < -0.4 is 5.32 Å². The third kappa shape index (κ3) is 8.15. The van der Waals surface area contributed by atoms with Crippen LogP contribution in [0.4, 0.5) is 26.3 Å². The lowest BCUT2D eigenvalue weighted by atomic mass is 10.0. The highest BCUT2D eigenvalue weighted by molar-refractivity contribution is 4.69. The molecule has 0 saturated heterocycles. The van der Waals surface area contributed by atoms with E-state index < -0.39 is 31.1 Å². The van der Waals surface area contributed by atoms with Gasteiger partial charge in [0.25, 0.3) is 0 Å². The monoisotopic (exact) mass is 223 g/mol. The zero-order valence-electron chi connectivity index (χ0n) is 7.47. The van der Waals surface area contributed by atoms with Gasteiger partial charge in [-0.3, -0.25) is 0 Å². The molecule has 0 saturated carbocycles. The van der Waals surface area contributed by atoms with Crippen LogP contribution in [-0.4, -0.2) is 25.9 Å². The first kappa shape index (κ1) is 13.5. The lowest BCUT2D eigenvalue weighted by Gasteiger charge is -2.19. The molecular formula is C7H11F6N. The van der Waals surface area contributed by atoms with Gasteiger partial charge in [-0.25, -0.2) is 0 Å². The standard InChI is InChI=1S/C7H11F6N/c1-14-4-5(2-6(8,9)10)3-7(11,12)13/h5,14H,2-4H2,1H3. The smallest absolute Gasteiger partial charge is 0.319 e. The average molecular weight is 223 g/mol. The van der Waals surface area contributed by atoms with Crippen molar-refractivity contribution in [2.75, 3.05) is 13.6 Å². The van der Waals surface area contributed by atoms with E-state index in [0.717, 1.165) is 0 Å². The van der Waals surface area contributed by atoms with Gasteiger partial charge in [0, 0.05) is 12.8 Å². The van der Waals surface area contributed by atoms with Gasteiger partial charge in [0.1, 0.15) is 0 Å². The minimum Gasteiger partial charge on any atom is -0.319 e. The normalized spacial score (nSPS) is 13.7. The maximum Gasteiger partial charge on any atom is 0.389 e. The van der Waals surface area contributed by atoms with Gasteiger partial charge in [-0.1, -0.05) is 0 Å². The largest absolute Gasteiger partial charge is 0.389 e. The Morgan fingerprint density at radius 1 is 0.929 bits per heavy atom. The number of hydrogen-bond donors (Lipinski definition) is 1. The second-order valence-corrected chi connectivity index (χ2v) is 3.06. The Bertz CT molecular complexity index is 145. The minimum absolute atomic E-state index is 0.293. The van der Waals surface area contributed by atoms with Crippen LogP contribution in [-0.2, 0) is 0 Å². The fourth-order valence-electron chi connectivity index (χ4n) is 1.16. The molecule has 0 aromatic heterocycles. The lowest BCUT2D eigenvalue weighted by molar-refractivity contribution is -0.172. The molecule has 0 aromatic rings. The van der Waals surface area contributed by atoms with E-state index in [2.05, 4.69) is 5.32 Å². The summed E-state index contributed by atoms with van der Waals surface area (Å²) in [5, 5.41) is 2.31. The second-order valence-electron chi connectivity index (χ2n) is 3.06. The fraction of sp³-hybridized carbons (Fsp3) is 1.00. The summed E-state index contributed by atoms with van der Waals surface area (Å²) in [6.07, 6.45) is -11.9. The van der Waals surface area contributed by atoms with E-state index in [1.54, 1.807) is 0 Å². The van der Waals surface area contributed by atoms with Crippen molar-refractivity contribution < 1.29 is 26.3 Å². The molecule has 0 spiro atoms. The van der Waals surface area contributed by atoms with E-state index in [1.165, 1.54) is 7.05 Å². The molecule has 86 valence electrons. The van der Waals surface area contributed by atoms with Gasteiger partial charge in [0.2, 0.25) is 0 Å². The summed E-state index contributed by atoms with van der Waals surface area (Å²) in [5.41, 5.74) is 0. The molecule has 0 fully saturated rings. The summed E-state index contributed by atoms with van der Waals surface area (Å²) >= 11 is 0. The van der Waals surface area contributed by atoms with Crippen molar-refractivity contribution in [3.05, 3.63) is 0 Å². The summed E-state index contributed by atoms with van der Waals surface area (Å²) in [6.45, 7) is -0.293. The van der Waals surface area contributed by atoms with Gasteiger partial charge < -0.3 is 5.32 Å². The van der Waals surface area contributed by atoms with Gasteiger partial charge in [0.05, 0.1) is 0 Å². The van der Waals surface area contributed by atoms with Crippen molar-refractivity contribution in [1.29, 1.82) is 0 Å². The van der Waals surface area contributed by atoms with Crippen molar-refractivity contribution in [1.82, 2.24) is 5.32 Å². The molecule has 1 nitrogen and oxygen atoms in total. The average Bonchev–Trinajstić information content (AvgIpc) is 1.78. The fourth-order valence-corrected chi connectivity index (χ4v) is 1.16. The highest BCUT2D eigenvalue weighted by Gasteiger charge is 2.38. The SMILES string of the molecule is CNCC(CC(F)(F)F)CC(F)(F)F. The first-order valence-electron chi connectivity index (χ1n) is 3.92. The molecule has 0 aromatic carbocycles. The van der Waals surface area contributed by atoms with Crippen molar-refractivity contribution in [3.63, 3.8) is 0 Å². The van der Waals surface area contributed by atoms with E-state index in [0.29, 0.717) is 0 Å². The van der Waals surface area contributed by atoms with Crippen LogP contribution in [0.1, 0.15) is 12.8 Å². The Hall–Kier alpha value is -0.460. The molecule has 0 aliphatic rings. The molecule has 0 unspecified atom stereocenters. The van der Waals surface area contributed by atoms with Crippen LogP contribution in [0.3, 0.4) is 0 Å². The summed E-state index contributed by atoms with van der Waals surface area (Å²) < 4.78 is 70.9. The topological polar surface area (TPSA) is 12.0 Å². The Labute approximate surface area is 77.5 Å². The predicted octanol–water partition coefficient (Wildman–Crippen LogP) is 2.73. The lowest BCUT2D eigenvalue weighted by Crippen LogP contribution is -2.28. The third-order valence-corrected chi connectivity index (χ3v) is 1.53. The Kier molecular flexibility index (Phi) is 4.70. The van der Waals surface area contributed by atoms with Crippen LogP contribution in [0.15, 0.2) is 0 Å². The molecule has 0 radical (unpaired) electrons. The molecule has 0 atom stereocenters. The highest BCUT2D eigenvalue weighted by atomic mass is 19.4. The van der Waals surface area contributed by atoms with Gasteiger partial charge in [0.15, 0.2) is 0 Å². The highest BCUT2D eigenvalue weighted by Crippen LogP contribution is 2.32. The van der Waals surface area contributed by atoms with E-state index in [4.69, 9.17) is 0 Å². The van der Waals surface area contributed by atoms with Gasteiger partial charge in [-0.05, 0) is 19.5 Å². The first-order chi connectivity index (χ1) is 6.14. The molecule has 0 heterocycles. The predicted molar refractivity (Wildman–Crippen MR) is 38.8 cm³/mol. The Morgan fingerprint density at radius 2 is 1.29 bits per heavy atom. The van der Waals surface area contributed by atoms with Gasteiger partial charge in [-0.2, -0.15) is 26.3 Å². The maximum absolute atomic E-state index is 11.8. The number of halogens is 6. The molecule has 0 amide bonds. The van der Waals surface area contributed by atoms with Gasteiger partial charge in [-0.15, -0.1) is 0 Å². The second kappa shape index (κ2) is 4.86. The van der Waals surface area contributed by atoms with E-state index in [-0.39, 0.29) is 6.54 Å². The quantitative estimate of drug-likeness (QED) is 0.722. The third-order valence-electron chi connectivity index (χ3n) is 1.53. The number of rotatable bonds is 4. The Balaban J connectivity index is 4.16. The summed E-state index contributed by atoms with van der Waals surface area (Å²) in [7, 11) is 1.32. The summed E-state index contributed by atoms with van der Waals surface area (Å²) in [6, 6.07) is 0.